The largest absolute Gasteiger partial charge is 0.370 e. The zero-order chi connectivity index (χ0) is 11.0. The van der Waals surface area contributed by atoms with E-state index in [4.69, 9.17) is 0 Å². The summed E-state index contributed by atoms with van der Waals surface area (Å²) in [5, 5.41) is 0. The zero-order valence-electron chi connectivity index (χ0n) is 9.16. The lowest BCUT2D eigenvalue weighted by Crippen LogP contribution is -2.01. The first kappa shape index (κ1) is 12.7. The molecule has 14 heavy (non-hydrogen) atoms. The van der Waals surface area contributed by atoms with Crippen molar-refractivity contribution in [1.82, 2.24) is 0 Å². The van der Waals surface area contributed by atoms with Crippen LogP contribution in [0, 0.1) is 5.92 Å². The summed E-state index contributed by atoms with van der Waals surface area (Å²) < 4.78 is 0. The fourth-order valence-electron chi connectivity index (χ4n) is 1.09. The maximum atomic E-state index is 9.22. The van der Waals surface area contributed by atoms with Crippen molar-refractivity contribution in [2.24, 2.45) is 11.7 Å². The fraction of sp³-hybridized carbons (Fsp3) is 0.417. The minimum absolute atomic E-state index is 0.333. The Labute approximate surface area is 86.1 Å². The standard InChI is InChI=1S/C10H14.C2H5NO/c1-9(2)8-10-6-4-3-5-7-10;1-2(3)4/h3-7,9H,8H2,1-2H3;1H3,(H2,3,4). The molecule has 0 radical (unpaired) electrons. The van der Waals surface area contributed by atoms with Crippen molar-refractivity contribution in [2.45, 2.75) is 27.2 Å². The van der Waals surface area contributed by atoms with Gasteiger partial charge in [-0.25, -0.2) is 0 Å². The normalized spacial score (nSPS) is 9.14. The predicted octanol–water partition coefficient (Wildman–Crippen LogP) is 2.38. The molecule has 1 aromatic carbocycles. The molecule has 1 rings (SSSR count). The number of carbonyl (C=O) groups is 1. The molecule has 0 atom stereocenters. The minimum Gasteiger partial charge on any atom is -0.370 e. The topological polar surface area (TPSA) is 43.1 Å². The summed E-state index contributed by atoms with van der Waals surface area (Å²) in [7, 11) is 0. The van der Waals surface area contributed by atoms with E-state index in [0.29, 0.717) is 0 Å². The van der Waals surface area contributed by atoms with Crippen molar-refractivity contribution >= 4 is 5.91 Å². The van der Waals surface area contributed by atoms with Crippen molar-refractivity contribution in [3.63, 3.8) is 0 Å². The monoisotopic (exact) mass is 193 g/mol. The molecular weight excluding hydrogens is 174 g/mol. The first-order valence-electron chi connectivity index (χ1n) is 4.82. The van der Waals surface area contributed by atoms with Gasteiger partial charge in [-0.1, -0.05) is 44.2 Å². The van der Waals surface area contributed by atoms with Gasteiger partial charge in [0, 0.05) is 6.92 Å². The van der Waals surface area contributed by atoms with E-state index in [0.717, 1.165) is 5.92 Å². The highest BCUT2D eigenvalue weighted by Crippen LogP contribution is 2.05. The lowest BCUT2D eigenvalue weighted by molar-refractivity contribution is -0.115. The number of amides is 1. The highest BCUT2D eigenvalue weighted by Gasteiger charge is 1.94. The van der Waals surface area contributed by atoms with Gasteiger partial charge in [0.1, 0.15) is 0 Å². The summed E-state index contributed by atoms with van der Waals surface area (Å²) in [5.41, 5.74) is 5.91. The Morgan fingerprint density at radius 3 is 2.07 bits per heavy atom. The van der Waals surface area contributed by atoms with Gasteiger partial charge in [0.05, 0.1) is 0 Å². The Balaban J connectivity index is 0.000000364. The minimum atomic E-state index is -0.333. The van der Waals surface area contributed by atoms with Gasteiger partial charge in [0.25, 0.3) is 0 Å². The van der Waals surface area contributed by atoms with E-state index in [9.17, 15) is 4.79 Å². The zero-order valence-corrected chi connectivity index (χ0v) is 9.16. The van der Waals surface area contributed by atoms with Gasteiger partial charge in [-0.3, -0.25) is 4.79 Å². The van der Waals surface area contributed by atoms with Crippen molar-refractivity contribution < 1.29 is 4.79 Å². The van der Waals surface area contributed by atoms with E-state index >= 15 is 0 Å². The molecule has 2 heteroatoms. The summed E-state index contributed by atoms with van der Waals surface area (Å²) >= 11 is 0. The number of carbonyl (C=O) groups excluding carboxylic acids is 1. The Morgan fingerprint density at radius 1 is 1.29 bits per heavy atom. The van der Waals surface area contributed by atoms with E-state index in [1.807, 2.05) is 0 Å². The number of hydrogen-bond donors (Lipinski definition) is 1. The average molecular weight is 193 g/mol. The van der Waals surface area contributed by atoms with Crippen molar-refractivity contribution in [1.29, 1.82) is 0 Å². The van der Waals surface area contributed by atoms with E-state index < -0.39 is 0 Å². The highest BCUT2D eigenvalue weighted by molar-refractivity contribution is 5.70. The van der Waals surface area contributed by atoms with Crippen LogP contribution in [0.25, 0.3) is 0 Å². The van der Waals surface area contributed by atoms with E-state index in [1.165, 1.54) is 18.9 Å². The number of hydrogen-bond acceptors (Lipinski definition) is 1. The summed E-state index contributed by atoms with van der Waals surface area (Å²) in [4.78, 5) is 9.22. The molecule has 0 aliphatic heterocycles. The van der Waals surface area contributed by atoms with E-state index in [1.54, 1.807) is 0 Å². The first-order chi connectivity index (χ1) is 6.52. The molecule has 2 N–H and O–H groups in total. The molecule has 0 spiro atoms. The second kappa shape index (κ2) is 7.13. The lowest BCUT2D eigenvalue weighted by Gasteiger charge is -2.02. The second-order valence-corrected chi connectivity index (χ2v) is 3.69. The summed E-state index contributed by atoms with van der Waals surface area (Å²) in [6, 6.07) is 10.6. The van der Waals surface area contributed by atoms with Crippen molar-refractivity contribution in [3.8, 4) is 0 Å². The average Bonchev–Trinajstić information content (AvgIpc) is 2.03. The molecule has 0 unspecified atom stereocenters. The first-order valence-corrected chi connectivity index (χ1v) is 4.82. The third-order valence-corrected chi connectivity index (χ3v) is 1.49. The smallest absolute Gasteiger partial charge is 0.214 e. The Morgan fingerprint density at radius 2 is 1.71 bits per heavy atom. The van der Waals surface area contributed by atoms with Crippen LogP contribution in [0.4, 0.5) is 0 Å². The van der Waals surface area contributed by atoms with Crippen LogP contribution in [-0.2, 0) is 11.2 Å². The molecule has 0 aromatic heterocycles. The van der Waals surface area contributed by atoms with Gasteiger partial charge in [0.2, 0.25) is 5.91 Å². The summed E-state index contributed by atoms with van der Waals surface area (Å²) in [5.74, 6) is 0.433. The molecule has 0 saturated heterocycles. The van der Waals surface area contributed by atoms with Crippen LogP contribution in [-0.4, -0.2) is 5.91 Å². The third-order valence-electron chi connectivity index (χ3n) is 1.49. The molecule has 2 nitrogen and oxygen atoms in total. The molecule has 1 aromatic rings. The van der Waals surface area contributed by atoms with Gasteiger partial charge >= 0.3 is 0 Å². The Hall–Kier alpha value is -1.31. The molecule has 0 aliphatic rings. The number of primary amides is 1. The van der Waals surface area contributed by atoms with Crippen LogP contribution >= 0.6 is 0 Å². The maximum Gasteiger partial charge on any atom is 0.214 e. The van der Waals surface area contributed by atoms with Crippen molar-refractivity contribution in [3.05, 3.63) is 35.9 Å². The second-order valence-electron chi connectivity index (χ2n) is 3.69. The van der Waals surface area contributed by atoms with Crippen LogP contribution in [0.15, 0.2) is 30.3 Å². The molecular formula is C12H19NO. The predicted molar refractivity (Wildman–Crippen MR) is 59.9 cm³/mol. The van der Waals surface area contributed by atoms with Gasteiger partial charge in [-0.2, -0.15) is 0 Å². The van der Waals surface area contributed by atoms with Gasteiger partial charge in [-0.05, 0) is 17.9 Å². The number of rotatable bonds is 2. The number of nitrogens with two attached hydrogens (primary N) is 1. The lowest BCUT2D eigenvalue weighted by atomic mass is 10.0. The van der Waals surface area contributed by atoms with Crippen LogP contribution in [0.5, 0.6) is 0 Å². The molecule has 0 saturated carbocycles. The molecule has 0 heterocycles. The summed E-state index contributed by atoms with van der Waals surface area (Å²) in [6.45, 7) is 5.79. The molecule has 0 bridgehead atoms. The van der Waals surface area contributed by atoms with Gasteiger partial charge in [-0.15, -0.1) is 0 Å². The molecule has 1 amide bonds. The SMILES string of the molecule is CC(C)Cc1ccccc1.CC(N)=O. The Kier molecular flexibility index (Phi) is 6.46. The molecule has 0 aliphatic carbocycles. The van der Waals surface area contributed by atoms with Gasteiger partial charge in [0.15, 0.2) is 0 Å². The third kappa shape index (κ3) is 8.78. The van der Waals surface area contributed by atoms with Crippen LogP contribution in [0.3, 0.4) is 0 Å². The summed E-state index contributed by atoms with van der Waals surface area (Å²) in [6.07, 6.45) is 1.20. The molecule has 78 valence electrons. The fourth-order valence-corrected chi connectivity index (χ4v) is 1.09. The van der Waals surface area contributed by atoms with Crippen molar-refractivity contribution in [2.75, 3.05) is 0 Å². The Bertz CT molecular complexity index is 250. The van der Waals surface area contributed by atoms with E-state index in [2.05, 4.69) is 49.9 Å². The quantitative estimate of drug-likeness (QED) is 0.770. The van der Waals surface area contributed by atoms with Crippen LogP contribution in [0.1, 0.15) is 26.3 Å². The van der Waals surface area contributed by atoms with Crippen LogP contribution in [0.2, 0.25) is 0 Å². The molecule has 0 fully saturated rings. The number of benzene rings is 1. The van der Waals surface area contributed by atoms with E-state index in [-0.39, 0.29) is 5.91 Å². The maximum absolute atomic E-state index is 9.22. The highest BCUT2D eigenvalue weighted by atomic mass is 16.1. The van der Waals surface area contributed by atoms with Gasteiger partial charge < -0.3 is 5.73 Å². The van der Waals surface area contributed by atoms with Crippen LogP contribution < -0.4 is 5.73 Å².